The third-order valence-corrected chi connectivity index (χ3v) is 8.70. The van der Waals surface area contributed by atoms with Crippen molar-refractivity contribution >= 4 is 37.2 Å². The van der Waals surface area contributed by atoms with Gasteiger partial charge in [-0.1, -0.05) is 19.6 Å². The molecule has 2 N–H and O–H groups in total. The van der Waals surface area contributed by atoms with Gasteiger partial charge in [-0.2, -0.15) is 18.3 Å². The number of rotatable bonds is 10. The Morgan fingerprint density at radius 1 is 1.25 bits per heavy atom. The molecule has 8 nitrogen and oxygen atoms in total. The molecule has 1 aliphatic rings. The number of hydrogen-bond donors (Lipinski definition) is 2. The van der Waals surface area contributed by atoms with E-state index in [4.69, 9.17) is 4.74 Å². The topological polar surface area (TPSA) is 92.5 Å². The van der Waals surface area contributed by atoms with Gasteiger partial charge in [0.1, 0.15) is 18.4 Å². The fraction of sp³-hybridized carbons (Fsp3) is 0.423. The third kappa shape index (κ3) is 8.05. The van der Waals surface area contributed by atoms with E-state index in [1.807, 2.05) is 4.90 Å². The van der Waals surface area contributed by atoms with E-state index in [0.717, 1.165) is 18.2 Å². The monoisotopic (exact) mass is 597 g/mol. The van der Waals surface area contributed by atoms with Crippen LogP contribution in [0.5, 0.6) is 0 Å². The molecule has 4 rings (SSSR count). The Hall–Kier alpha value is -2.94. The van der Waals surface area contributed by atoms with E-state index in [-0.39, 0.29) is 18.0 Å². The lowest BCUT2D eigenvalue weighted by Crippen LogP contribution is -2.24. The van der Waals surface area contributed by atoms with E-state index >= 15 is 0 Å². The van der Waals surface area contributed by atoms with E-state index in [0.29, 0.717) is 43.2 Å². The van der Waals surface area contributed by atoms with Crippen molar-refractivity contribution in [3.05, 3.63) is 54.1 Å². The number of thioether (sulfide) groups is 1. The summed E-state index contributed by atoms with van der Waals surface area (Å²) in [7, 11) is -1.27. The highest BCUT2D eigenvalue weighted by atomic mass is 32.2. The molecule has 1 aliphatic heterocycles. The summed E-state index contributed by atoms with van der Waals surface area (Å²) >= 11 is -0.562. The van der Waals surface area contributed by atoms with Crippen molar-refractivity contribution in [3.63, 3.8) is 0 Å². The molecule has 0 spiro atoms. The first-order valence-electron chi connectivity index (χ1n) is 12.7. The Kier molecular flexibility index (Phi) is 9.22. The zero-order chi connectivity index (χ0) is 29.1. The largest absolute Gasteiger partial charge is 0.446 e. The molecule has 3 aromatic rings. The number of amides is 1. The van der Waals surface area contributed by atoms with Gasteiger partial charge in [-0.05, 0) is 54.6 Å². The second-order valence-corrected chi connectivity index (χ2v) is 17.4. The van der Waals surface area contributed by atoms with Crippen molar-refractivity contribution in [2.75, 3.05) is 29.9 Å². The van der Waals surface area contributed by atoms with Crippen LogP contribution in [-0.2, 0) is 11.5 Å². The van der Waals surface area contributed by atoms with Crippen LogP contribution >= 0.6 is 11.8 Å². The van der Waals surface area contributed by atoms with Gasteiger partial charge in [0.2, 0.25) is 0 Å². The van der Waals surface area contributed by atoms with E-state index in [9.17, 15) is 27.5 Å². The molecule has 14 heteroatoms. The molecule has 1 amide bonds. The molecule has 3 heterocycles. The number of benzene rings is 1. The number of nitrogens with zero attached hydrogens (tertiary/aromatic N) is 4. The molecule has 0 radical (unpaired) electrons. The maximum absolute atomic E-state index is 14.2. The maximum atomic E-state index is 14.2. The van der Waals surface area contributed by atoms with Crippen LogP contribution in [0.3, 0.4) is 0 Å². The first-order chi connectivity index (χ1) is 18.8. The van der Waals surface area contributed by atoms with Crippen molar-refractivity contribution in [2.45, 2.75) is 55.3 Å². The summed E-state index contributed by atoms with van der Waals surface area (Å²) in [6.07, 6.45) is 3.07. The smallest absolute Gasteiger partial charge is 0.391 e. The van der Waals surface area contributed by atoms with E-state index < -0.39 is 48.1 Å². The molecule has 1 unspecified atom stereocenters. The number of aromatic nitrogens is 3. The van der Waals surface area contributed by atoms with Crippen LogP contribution in [0, 0.1) is 5.82 Å². The van der Waals surface area contributed by atoms with E-state index in [1.165, 1.54) is 12.3 Å². The number of halogens is 4. The van der Waals surface area contributed by atoms with Crippen LogP contribution in [-0.4, -0.2) is 65.2 Å². The summed E-state index contributed by atoms with van der Waals surface area (Å²) < 4.78 is 59.7. The summed E-state index contributed by atoms with van der Waals surface area (Å²) in [6.45, 7) is 8.55. The standard InChI is InChI=1S/C26H31F4N5O3SSi/c1-40(2,3)11-10-38-16-35-22(6-8-32-35)20-12-17(14-31-24(20)34-9-7-19(36)15-34)25(37)33-18-4-5-23(21(27)13-18)39-26(28,29)30/h4-6,8,12-14,19,36H,7,9-11,15-16H2,1-3H3,(H,33,37). The number of ether oxygens (including phenoxy) is 1. The van der Waals surface area contributed by atoms with Crippen LogP contribution in [0.15, 0.2) is 47.6 Å². The van der Waals surface area contributed by atoms with Gasteiger partial charge in [-0.25, -0.2) is 14.1 Å². The zero-order valence-electron chi connectivity index (χ0n) is 22.3. The second kappa shape index (κ2) is 12.3. The van der Waals surface area contributed by atoms with Gasteiger partial charge in [0, 0.05) is 51.4 Å². The van der Waals surface area contributed by atoms with Crippen LogP contribution in [0.1, 0.15) is 16.8 Å². The fourth-order valence-corrected chi connectivity index (χ4v) is 5.44. The Balaban J connectivity index is 1.58. The normalized spacial score (nSPS) is 16.0. The number of β-amino-alcohol motifs (C(OH)–C–C–N with tert-alkyl or cyclic N) is 1. The van der Waals surface area contributed by atoms with Gasteiger partial charge in [0.05, 0.1) is 22.3 Å². The average molecular weight is 598 g/mol. The molecule has 0 bridgehead atoms. The molecule has 1 atom stereocenters. The van der Waals surface area contributed by atoms with Crippen molar-refractivity contribution in [1.82, 2.24) is 14.8 Å². The lowest BCUT2D eigenvalue weighted by atomic mass is 10.1. The minimum absolute atomic E-state index is 0.00292. The Labute approximate surface area is 234 Å². The van der Waals surface area contributed by atoms with Crippen molar-refractivity contribution in [2.24, 2.45) is 0 Å². The first kappa shape index (κ1) is 30.0. The fourth-order valence-electron chi connectivity index (χ4n) is 4.14. The number of pyridine rings is 1. The van der Waals surface area contributed by atoms with Crippen LogP contribution in [0.4, 0.5) is 29.1 Å². The van der Waals surface area contributed by atoms with Crippen molar-refractivity contribution in [3.8, 4) is 11.3 Å². The Bertz CT molecular complexity index is 1350. The molecule has 0 aliphatic carbocycles. The molecule has 2 aromatic heterocycles. The van der Waals surface area contributed by atoms with Gasteiger partial charge in [-0.15, -0.1) is 0 Å². The highest BCUT2D eigenvalue weighted by Gasteiger charge is 2.31. The lowest BCUT2D eigenvalue weighted by Gasteiger charge is -2.21. The van der Waals surface area contributed by atoms with Crippen LogP contribution in [0.25, 0.3) is 11.3 Å². The molecule has 40 heavy (non-hydrogen) atoms. The predicted molar refractivity (Wildman–Crippen MR) is 149 cm³/mol. The van der Waals surface area contributed by atoms with Gasteiger partial charge in [0.25, 0.3) is 5.91 Å². The molecular weight excluding hydrogens is 566 g/mol. The number of hydrogen-bond acceptors (Lipinski definition) is 7. The van der Waals surface area contributed by atoms with E-state index in [2.05, 4.69) is 35.0 Å². The highest BCUT2D eigenvalue weighted by molar-refractivity contribution is 8.00. The predicted octanol–water partition coefficient (Wildman–Crippen LogP) is 5.83. The van der Waals surface area contributed by atoms with Gasteiger partial charge >= 0.3 is 5.51 Å². The molecule has 216 valence electrons. The summed E-state index contributed by atoms with van der Waals surface area (Å²) in [5.74, 6) is -1.15. The van der Waals surface area contributed by atoms with Gasteiger partial charge < -0.3 is 20.1 Å². The molecule has 1 fully saturated rings. The first-order valence-corrected chi connectivity index (χ1v) is 17.2. The third-order valence-electron chi connectivity index (χ3n) is 6.21. The maximum Gasteiger partial charge on any atom is 0.446 e. The van der Waals surface area contributed by atoms with Crippen molar-refractivity contribution in [1.29, 1.82) is 0 Å². The van der Waals surface area contributed by atoms with Crippen LogP contribution < -0.4 is 10.2 Å². The molecule has 0 saturated carbocycles. The minimum atomic E-state index is -4.63. The van der Waals surface area contributed by atoms with Crippen molar-refractivity contribution < 1.29 is 32.2 Å². The summed E-state index contributed by atoms with van der Waals surface area (Å²) in [6, 6.07) is 7.41. The SMILES string of the molecule is C[Si](C)(C)CCOCn1nccc1-c1cc(C(=O)Nc2ccc(SC(F)(F)F)c(F)c2)cnc1N1CCC(O)C1. The highest BCUT2D eigenvalue weighted by Crippen LogP contribution is 2.39. The zero-order valence-corrected chi connectivity index (χ0v) is 24.2. The molecular formula is C26H31F4N5O3SSi. The van der Waals surface area contributed by atoms with E-state index in [1.54, 1.807) is 23.0 Å². The molecule has 1 aromatic carbocycles. The van der Waals surface area contributed by atoms with Gasteiger partial charge in [0.15, 0.2) is 0 Å². The minimum Gasteiger partial charge on any atom is -0.391 e. The number of nitrogens with one attached hydrogen (secondary N) is 1. The summed E-state index contributed by atoms with van der Waals surface area (Å²) in [4.78, 5) is 18.9. The number of carbonyl (C=O) groups excluding carboxylic acids is 1. The quantitative estimate of drug-likeness (QED) is 0.131. The number of anilines is 2. The summed E-state index contributed by atoms with van der Waals surface area (Å²) in [5.41, 5.74) is -3.22. The lowest BCUT2D eigenvalue weighted by molar-refractivity contribution is -0.0329. The van der Waals surface area contributed by atoms with Crippen LogP contribution in [0.2, 0.25) is 25.7 Å². The number of alkyl halides is 3. The Morgan fingerprint density at radius 3 is 2.67 bits per heavy atom. The Morgan fingerprint density at radius 2 is 2.02 bits per heavy atom. The number of carbonyl (C=O) groups is 1. The number of aliphatic hydroxyl groups is 1. The molecule has 1 saturated heterocycles. The van der Waals surface area contributed by atoms with Gasteiger partial charge in [-0.3, -0.25) is 4.79 Å². The number of aliphatic hydroxyl groups excluding tert-OH is 1. The second-order valence-electron chi connectivity index (χ2n) is 10.7. The average Bonchev–Trinajstić information content (AvgIpc) is 3.51. The summed E-state index contributed by atoms with van der Waals surface area (Å²) in [5, 5.41) is 17.0.